The zero-order valence-corrected chi connectivity index (χ0v) is 14.2. The first-order chi connectivity index (χ1) is 12.4. The van der Waals surface area contributed by atoms with Crippen LogP contribution in [0.15, 0.2) is 46.9 Å². The van der Waals surface area contributed by atoms with Gasteiger partial charge in [-0.25, -0.2) is 0 Å². The van der Waals surface area contributed by atoms with Crippen LogP contribution in [0.2, 0.25) is 0 Å². The molecule has 0 radical (unpaired) electrons. The summed E-state index contributed by atoms with van der Waals surface area (Å²) in [5.41, 5.74) is -0.772. The summed E-state index contributed by atoms with van der Waals surface area (Å²) in [4.78, 5) is 12.0. The van der Waals surface area contributed by atoms with Crippen LogP contribution in [0.5, 0.6) is 0 Å². The minimum absolute atomic E-state index is 0.0219. The molecule has 1 amide bonds. The van der Waals surface area contributed by atoms with Gasteiger partial charge in [0.05, 0.1) is 5.56 Å². The molecule has 0 bridgehead atoms. The van der Waals surface area contributed by atoms with E-state index in [9.17, 15) is 18.0 Å². The van der Waals surface area contributed by atoms with Crippen LogP contribution >= 0.6 is 0 Å². The maximum Gasteiger partial charge on any atom is 0.417 e. The van der Waals surface area contributed by atoms with Gasteiger partial charge in [0.2, 0.25) is 5.91 Å². The number of halogens is 3. The van der Waals surface area contributed by atoms with Gasteiger partial charge in [-0.3, -0.25) is 4.79 Å². The summed E-state index contributed by atoms with van der Waals surface area (Å²) in [5, 5.41) is 2.94. The van der Waals surface area contributed by atoms with Crippen LogP contribution in [0.3, 0.4) is 0 Å². The van der Waals surface area contributed by atoms with E-state index in [-0.39, 0.29) is 23.3 Å². The van der Waals surface area contributed by atoms with Gasteiger partial charge in [-0.1, -0.05) is 37.5 Å². The van der Waals surface area contributed by atoms with E-state index in [0.717, 1.165) is 31.7 Å². The topological polar surface area (TPSA) is 42.2 Å². The quantitative estimate of drug-likeness (QED) is 0.736. The van der Waals surface area contributed by atoms with E-state index in [0.29, 0.717) is 5.76 Å². The number of rotatable bonds is 4. The van der Waals surface area contributed by atoms with Crippen molar-refractivity contribution in [3.05, 3.63) is 53.8 Å². The largest absolute Gasteiger partial charge is 0.457 e. The fourth-order valence-corrected chi connectivity index (χ4v) is 3.19. The number of carbonyl (C=O) groups excluding carboxylic acids is 1. The standard InChI is InChI=1S/C20H20F3NO2/c21-20(22,23)17-9-5-4-8-16(17)18-12-10-15(26-18)11-13-19(25)24-14-6-2-1-3-7-14/h4-5,8-14H,1-3,6-7H2,(H,24,25)/b13-11+. The van der Waals surface area contributed by atoms with Crippen molar-refractivity contribution < 1.29 is 22.4 Å². The highest BCUT2D eigenvalue weighted by atomic mass is 19.4. The van der Waals surface area contributed by atoms with Crippen molar-refractivity contribution in [3.8, 4) is 11.3 Å². The molecule has 3 nitrogen and oxygen atoms in total. The summed E-state index contributed by atoms with van der Waals surface area (Å²) in [5.74, 6) is 0.228. The van der Waals surface area contributed by atoms with Gasteiger partial charge in [0, 0.05) is 17.7 Å². The molecule has 1 aromatic heterocycles. The Morgan fingerprint density at radius 1 is 1.08 bits per heavy atom. The first kappa shape index (κ1) is 18.3. The molecule has 3 rings (SSSR count). The minimum Gasteiger partial charge on any atom is -0.457 e. The Labute approximate surface area is 149 Å². The Morgan fingerprint density at radius 2 is 1.81 bits per heavy atom. The Kier molecular flexibility index (Phi) is 5.49. The smallest absolute Gasteiger partial charge is 0.417 e. The molecular weight excluding hydrogens is 343 g/mol. The maximum atomic E-state index is 13.1. The summed E-state index contributed by atoms with van der Waals surface area (Å²) >= 11 is 0. The molecule has 1 saturated carbocycles. The Bertz CT molecular complexity index is 786. The SMILES string of the molecule is O=C(/C=C/c1ccc(-c2ccccc2C(F)(F)F)o1)NC1CCCCC1. The van der Waals surface area contributed by atoms with Crippen molar-refractivity contribution in [2.75, 3.05) is 0 Å². The molecule has 2 aromatic rings. The van der Waals surface area contributed by atoms with Crippen LogP contribution in [0, 0.1) is 0 Å². The van der Waals surface area contributed by atoms with Gasteiger partial charge in [0.1, 0.15) is 11.5 Å². The van der Waals surface area contributed by atoms with E-state index < -0.39 is 11.7 Å². The lowest BCUT2D eigenvalue weighted by atomic mass is 9.95. The molecule has 1 N–H and O–H groups in total. The van der Waals surface area contributed by atoms with E-state index in [4.69, 9.17) is 4.42 Å². The van der Waals surface area contributed by atoms with Gasteiger partial charge in [-0.05, 0) is 37.1 Å². The van der Waals surface area contributed by atoms with Crippen LogP contribution in [-0.2, 0) is 11.0 Å². The van der Waals surface area contributed by atoms with Crippen LogP contribution in [0.1, 0.15) is 43.4 Å². The van der Waals surface area contributed by atoms with E-state index in [1.807, 2.05) is 0 Å². The van der Waals surface area contributed by atoms with Gasteiger partial charge in [-0.15, -0.1) is 0 Å². The number of hydrogen-bond donors (Lipinski definition) is 1. The molecule has 26 heavy (non-hydrogen) atoms. The number of benzene rings is 1. The second kappa shape index (κ2) is 7.81. The molecule has 1 aliphatic carbocycles. The molecular formula is C20H20F3NO2. The van der Waals surface area contributed by atoms with E-state index in [1.165, 1.54) is 42.8 Å². The maximum absolute atomic E-state index is 13.1. The molecule has 0 aliphatic heterocycles. The molecule has 6 heteroatoms. The molecule has 138 valence electrons. The monoisotopic (exact) mass is 363 g/mol. The highest BCUT2D eigenvalue weighted by molar-refractivity contribution is 5.91. The van der Waals surface area contributed by atoms with E-state index in [2.05, 4.69) is 5.32 Å². The van der Waals surface area contributed by atoms with Crippen molar-refractivity contribution in [1.29, 1.82) is 0 Å². The third-order valence-electron chi connectivity index (χ3n) is 4.48. The highest BCUT2D eigenvalue weighted by Gasteiger charge is 2.34. The highest BCUT2D eigenvalue weighted by Crippen LogP contribution is 2.37. The molecule has 0 spiro atoms. The summed E-state index contributed by atoms with van der Waals surface area (Å²) in [6.07, 6.45) is 3.78. The van der Waals surface area contributed by atoms with Crippen molar-refractivity contribution in [2.24, 2.45) is 0 Å². The van der Waals surface area contributed by atoms with Crippen molar-refractivity contribution in [1.82, 2.24) is 5.32 Å². The lowest BCUT2D eigenvalue weighted by Gasteiger charge is -2.21. The molecule has 0 atom stereocenters. The van der Waals surface area contributed by atoms with Crippen LogP contribution in [-0.4, -0.2) is 11.9 Å². The minimum atomic E-state index is -4.46. The second-order valence-electron chi connectivity index (χ2n) is 6.42. The summed E-state index contributed by atoms with van der Waals surface area (Å²) in [6, 6.07) is 8.48. The first-order valence-electron chi connectivity index (χ1n) is 8.68. The third kappa shape index (κ3) is 4.56. The number of alkyl halides is 3. The van der Waals surface area contributed by atoms with Crippen molar-refractivity contribution in [2.45, 2.75) is 44.3 Å². The first-order valence-corrected chi connectivity index (χ1v) is 8.68. The fraction of sp³-hybridized carbons (Fsp3) is 0.350. The lowest BCUT2D eigenvalue weighted by Crippen LogP contribution is -2.34. The average molecular weight is 363 g/mol. The third-order valence-corrected chi connectivity index (χ3v) is 4.48. The number of furan rings is 1. The van der Waals surface area contributed by atoms with E-state index in [1.54, 1.807) is 6.07 Å². The molecule has 1 aromatic carbocycles. The summed E-state index contributed by atoms with van der Waals surface area (Å²) in [7, 11) is 0. The van der Waals surface area contributed by atoms with Crippen LogP contribution in [0.4, 0.5) is 13.2 Å². The van der Waals surface area contributed by atoms with Crippen LogP contribution in [0.25, 0.3) is 17.4 Å². The van der Waals surface area contributed by atoms with E-state index >= 15 is 0 Å². The molecule has 0 unspecified atom stereocenters. The van der Waals surface area contributed by atoms with Gasteiger partial charge in [0.25, 0.3) is 0 Å². The van der Waals surface area contributed by atoms with Crippen molar-refractivity contribution in [3.63, 3.8) is 0 Å². The molecule has 1 fully saturated rings. The fourth-order valence-electron chi connectivity index (χ4n) is 3.19. The Morgan fingerprint density at radius 3 is 2.54 bits per heavy atom. The molecule has 1 aliphatic rings. The van der Waals surface area contributed by atoms with Gasteiger partial charge in [0.15, 0.2) is 0 Å². The van der Waals surface area contributed by atoms with Gasteiger partial charge < -0.3 is 9.73 Å². The predicted molar refractivity (Wildman–Crippen MR) is 93.2 cm³/mol. The number of amides is 1. The summed E-state index contributed by atoms with van der Waals surface area (Å²) < 4.78 is 44.8. The predicted octanol–water partition coefficient (Wildman–Crippen LogP) is 5.43. The zero-order valence-electron chi connectivity index (χ0n) is 14.2. The summed E-state index contributed by atoms with van der Waals surface area (Å²) in [6.45, 7) is 0. The van der Waals surface area contributed by atoms with Gasteiger partial charge >= 0.3 is 6.18 Å². The zero-order chi connectivity index (χ0) is 18.6. The molecule has 1 heterocycles. The average Bonchev–Trinajstić information content (AvgIpc) is 3.09. The van der Waals surface area contributed by atoms with Gasteiger partial charge in [-0.2, -0.15) is 13.2 Å². The number of hydrogen-bond acceptors (Lipinski definition) is 2. The van der Waals surface area contributed by atoms with Crippen molar-refractivity contribution >= 4 is 12.0 Å². The lowest BCUT2D eigenvalue weighted by molar-refractivity contribution is -0.137. The molecule has 0 saturated heterocycles. The van der Waals surface area contributed by atoms with Crippen LogP contribution < -0.4 is 5.32 Å². The Balaban J connectivity index is 1.69. The number of carbonyl (C=O) groups is 1. The number of nitrogens with one attached hydrogen (secondary N) is 1. The second-order valence-corrected chi connectivity index (χ2v) is 6.42. The normalized spacial score (nSPS) is 16.1. The Hall–Kier alpha value is -2.50.